The second-order valence-corrected chi connectivity index (χ2v) is 0.803. The number of aliphatic carboxylic acids is 1. The van der Waals surface area contributed by atoms with Gasteiger partial charge in [0.05, 0.1) is 0 Å². The van der Waals surface area contributed by atoms with Crippen LogP contribution in [0.25, 0.3) is 0 Å². The molecule has 1 N–H and O–H groups in total. The van der Waals surface area contributed by atoms with Crippen LogP contribution in [0.3, 0.4) is 0 Å². The molecule has 0 rings (SSSR count). The maximum absolute atomic E-state index is 10.6. The third-order valence-electron chi connectivity index (χ3n) is 0.243. The molecule has 0 aliphatic carbocycles. The summed E-state index contributed by atoms with van der Waals surface area (Å²) < 4.78 is 31.7. The third kappa shape index (κ3) is 4.07. The molecular weight excluding hydrogens is 183 g/mol. The molecule has 0 saturated carbocycles. The molecule has 2 nitrogen and oxygen atoms in total. The Kier molecular flexibility index (Phi) is 4.09. The van der Waals surface area contributed by atoms with E-state index in [9.17, 15) is 13.2 Å². The van der Waals surface area contributed by atoms with Crippen LogP contribution in [0.15, 0.2) is 0 Å². The molecule has 8 heavy (non-hydrogen) atoms. The average molecular weight is 187 g/mol. The molecule has 0 radical (unpaired) electrons. The SMILES string of the molecule is O=C(O)C(F)(F)F.[GaH3]. The standard InChI is InChI=1S/C2HF3O2.Ga.3H/c3-2(4,5)1(6)7;;;;/h(H,6,7);;;;. The van der Waals surface area contributed by atoms with Crippen LogP contribution in [-0.4, -0.2) is 37.0 Å². The summed E-state index contributed by atoms with van der Waals surface area (Å²) in [6, 6.07) is 0. The Hall–Kier alpha value is -0.104. The van der Waals surface area contributed by atoms with Gasteiger partial charge < -0.3 is 5.11 Å². The van der Waals surface area contributed by atoms with Gasteiger partial charge >= 0.3 is 31.9 Å². The number of rotatable bonds is 0. The molecule has 0 fully saturated rings. The van der Waals surface area contributed by atoms with Gasteiger partial charge in [-0.2, -0.15) is 13.2 Å². The summed E-state index contributed by atoms with van der Waals surface area (Å²) in [5, 5.41) is 7.12. The van der Waals surface area contributed by atoms with Gasteiger partial charge in [-0.1, -0.05) is 0 Å². The number of carboxylic acids is 1. The molecule has 6 heteroatoms. The topological polar surface area (TPSA) is 37.3 Å². The normalized spacial score (nSPS) is 9.88. The zero-order chi connectivity index (χ0) is 6.08. The van der Waals surface area contributed by atoms with Crippen LogP contribution in [0, 0.1) is 0 Å². The first-order valence-corrected chi connectivity index (χ1v) is 1.24. The zero-order valence-electron chi connectivity index (χ0n) is 2.99. The van der Waals surface area contributed by atoms with Gasteiger partial charge in [0.15, 0.2) is 0 Å². The van der Waals surface area contributed by atoms with Crippen molar-refractivity contribution in [3.63, 3.8) is 0 Å². The van der Waals surface area contributed by atoms with E-state index in [0.717, 1.165) is 0 Å². The van der Waals surface area contributed by atoms with E-state index in [1.807, 2.05) is 0 Å². The van der Waals surface area contributed by atoms with Crippen molar-refractivity contribution in [2.24, 2.45) is 0 Å². The van der Waals surface area contributed by atoms with Gasteiger partial charge in [-0.15, -0.1) is 0 Å². The van der Waals surface area contributed by atoms with Gasteiger partial charge in [0.25, 0.3) is 0 Å². The minimum atomic E-state index is -5.08. The Morgan fingerprint density at radius 2 is 1.50 bits per heavy atom. The number of hydrogen-bond donors (Lipinski definition) is 1. The fourth-order valence-electron chi connectivity index (χ4n) is 0. The Bertz CT molecular complexity index is 87.8. The maximum atomic E-state index is 10.6. The van der Waals surface area contributed by atoms with E-state index in [-0.39, 0.29) is 19.8 Å². The van der Waals surface area contributed by atoms with Crippen LogP contribution in [0.2, 0.25) is 0 Å². The predicted molar refractivity (Wildman–Crippen MR) is 23.6 cm³/mol. The molecule has 0 amide bonds. The molecule has 0 saturated heterocycles. The summed E-state index contributed by atoms with van der Waals surface area (Å²) in [7, 11) is 0. The van der Waals surface area contributed by atoms with Crippen LogP contribution < -0.4 is 0 Å². The van der Waals surface area contributed by atoms with Crippen molar-refractivity contribution in [1.82, 2.24) is 0 Å². The summed E-state index contributed by atoms with van der Waals surface area (Å²) in [6.45, 7) is 0. The van der Waals surface area contributed by atoms with Crippen LogP contribution in [0.1, 0.15) is 0 Å². The summed E-state index contributed by atoms with van der Waals surface area (Å²) in [5.41, 5.74) is 0. The van der Waals surface area contributed by atoms with Gasteiger partial charge in [0.1, 0.15) is 0 Å². The molecule has 0 aromatic rings. The van der Waals surface area contributed by atoms with Gasteiger partial charge in [-0.05, 0) is 0 Å². The number of carboxylic acid groups (broad SMARTS) is 1. The van der Waals surface area contributed by atoms with Gasteiger partial charge in [0.2, 0.25) is 0 Å². The monoisotopic (exact) mass is 186 g/mol. The van der Waals surface area contributed by atoms with E-state index < -0.39 is 12.1 Å². The summed E-state index contributed by atoms with van der Waals surface area (Å²) in [5.74, 6) is -2.76. The molecule has 48 valence electrons. The fourth-order valence-corrected chi connectivity index (χ4v) is 0. The Balaban J connectivity index is 0. The van der Waals surface area contributed by atoms with E-state index in [1.165, 1.54) is 0 Å². The number of hydrogen-bond acceptors (Lipinski definition) is 1. The van der Waals surface area contributed by atoms with Crippen molar-refractivity contribution < 1.29 is 23.1 Å². The molecule has 0 heterocycles. The van der Waals surface area contributed by atoms with Crippen molar-refractivity contribution in [1.29, 1.82) is 0 Å². The Morgan fingerprint density at radius 1 is 1.38 bits per heavy atom. The Morgan fingerprint density at radius 3 is 1.50 bits per heavy atom. The van der Waals surface area contributed by atoms with Crippen molar-refractivity contribution >= 4 is 25.8 Å². The van der Waals surface area contributed by atoms with E-state index in [0.29, 0.717) is 0 Å². The molecule has 0 unspecified atom stereocenters. The van der Waals surface area contributed by atoms with Crippen molar-refractivity contribution in [2.45, 2.75) is 6.18 Å². The van der Waals surface area contributed by atoms with Crippen LogP contribution in [-0.2, 0) is 4.79 Å². The van der Waals surface area contributed by atoms with Crippen LogP contribution >= 0.6 is 0 Å². The van der Waals surface area contributed by atoms with Crippen LogP contribution in [0.5, 0.6) is 0 Å². The first-order chi connectivity index (χ1) is 2.94. The van der Waals surface area contributed by atoms with Crippen LogP contribution in [0.4, 0.5) is 13.2 Å². The fraction of sp³-hybridized carbons (Fsp3) is 0.500. The molecule has 0 atom stereocenters. The molecule has 0 spiro atoms. The second kappa shape index (κ2) is 3.03. The molecule has 0 aromatic heterocycles. The minimum absolute atomic E-state index is 0. The van der Waals surface area contributed by atoms with Gasteiger partial charge in [0, 0.05) is 0 Å². The van der Waals surface area contributed by atoms with E-state index >= 15 is 0 Å². The molecule has 0 aromatic carbocycles. The quantitative estimate of drug-likeness (QED) is 0.516. The molecule has 0 aliphatic heterocycles. The Labute approximate surface area is 55.7 Å². The number of halogens is 3. The molecule has 0 bridgehead atoms. The second-order valence-electron chi connectivity index (χ2n) is 0.803. The summed E-state index contributed by atoms with van der Waals surface area (Å²) in [6.07, 6.45) is -5.08. The zero-order valence-corrected chi connectivity index (χ0v) is 2.99. The average Bonchev–Trinajstić information content (AvgIpc) is 1.31. The van der Waals surface area contributed by atoms with Crippen molar-refractivity contribution in [3.05, 3.63) is 0 Å². The first-order valence-electron chi connectivity index (χ1n) is 1.24. The van der Waals surface area contributed by atoms with Crippen molar-refractivity contribution in [2.75, 3.05) is 0 Å². The van der Waals surface area contributed by atoms with Gasteiger partial charge in [-0.3, -0.25) is 0 Å². The van der Waals surface area contributed by atoms with E-state index in [4.69, 9.17) is 9.90 Å². The summed E-state index contributed by atoms with van der Waals surface area (Å²) in [4.78, 5) is 8.90. The van der Waals surface area contributed by atoms with Gasteiger partial charge in [-0.25, -0.2) is 4.79 Å². The third-order valence-corrected chi connectivity index (χ3v) is 0.243. The van der Waals surface area contributed by atoms with E-state index in [1.54, 1.807) is 0 Å². The van der Waals surface area contributed by atoms with E-state index in [2.05, 4.69) is 0 Å². The first kappa shape index (κ1) is 10.8. The predicted octanol–water partition coefficient (Wildman–Crippen LogP) is -0.551. The van der Waals surface area contributed by atoms with Crippen molar-refractivity contribution in [3.8, 4) is 0 Å². The number of alkyl halides is 3. The summed E-state index contributed by atoms with van der Waals surface area (Å²) >= 11 is 0. The molecular formula is C2H4F3GaO2. The molecule has 0 aliphatic rings. The number of carbonyl (C=O) groups is 1.